The first-order valence-electron chi connectivity index (χ1n) is 9.94. The van der Waals surface area contributed by atoms with Gasteiger partial charge in [0.15, 0.2) is 0 Å². The second-order valence-electron chi connectivity index (χ2n) is 8.43. The van der Waals surface area contributed by atoms with Crippen LogP contribution in [0.5, 0.6) is 0 Å². The molecule has 0 saturated heterocycles. The second kappa shape index (κ2) is 10.8. The Labute approximate surface area is 150 Å². The maximum Gasteiger partial charge on any atom is 0.0314 e. The maximum atomic E-state index is 6.09. The van der Waals surface area contributed by atoms with E-state index < -0.39 is 0 Å². The molecule has 0 fully saturated rings. The van der Waals surface area contributed by atoms with Crippen molar-refractivity contribution in [1.82, 2.24) is 0 Å². The van der Waals surface area contributed by atoms with Crippen LogP contribution in [-0.4, -0.2) is 6.04 Å². The molecule has 0 bridgehead atoms. The topological polar surface area (TPSA) is 52.0 Å². The van der Waals surface area contributed by atoms with Gasteiger partial charge < -0.3 is 11.5 Å². The highest BCUT2D eigenvalue weighted by Crippen LogP contribution is 2.30. The van der Waals surface area contributed by atoms with Gasteiger partial charge in [-0.05, 0) is 41.9 Å². The number of hydrogen-bond acceptors (Lipinski definition) is 2. The summed E-state index contributed by atoms with van der Waals surface area (Å²) in [7, 11) is 0. The normalized spacial score (nSPS) is 13.4. The van der Waals surface area contributed by atoms with Gasteiger partial charge in [-0.15, -0.1) is 0 Å². The first-order chi connectivity index (χ1) is 11.3. The summed E-state index contributed by atoms with van der Waals surface area (Å²) in [5, 5.41) is 0. The Kier molecular flexibility index (Phi) is 9.43. The Balaban J connectivity index is 2.06. The van der Waals surface area contributed by atoms with E-state index in [2.05, 4.69) is 39.8 Å². The van der Waals surface area contributed by atoms with Gasteiger partial charge in [0.25, 0.3) is 0 Å². The number of benzene rings is 1. The van der Waals surface area contributed by atoms with Crippen molar-refractivity contribution in [2.24, 2.45) is 11.7 Å². The predicted molar refractivity (Wildman–Crippen MR) is 108 cm³/mol. The molecule has 1 rings (SSSR count). The highest BCUT2D eigenvalue weighted by molar-refractivity contribution is 5.41. The van der Waals surface area contributed by atoms with Gasteiger partial charge in [0.1, 0.15) is 0 Å². The lowest BCUT2D eigenvalue weighted by atomic mass is 9.80. The quantitative estimate of drug-likeness (QED) is 0.362. The molecular weight excluding hydrogens is 292 g/mol. The van der Waals surface area contributed by atoms with Crippen LogP contribution >= 0.6 is 0 Å². The Morgan fingerprint density at radius 2 is 1.33 bits per heavy atom. The second-order valence-corrected chi connectivity index (χ2v) is 8.43. The summed E-state index contributed by atoms with van der Waals surface area (Å²) in [6.45, 7) is 9.13. The van der Waals surface area contributed by atoms with Gasteiger partial charge in [-0.2, -0.15) is 0 Å². The SMILES string of the molecule is CC(C)C(N)CCCCCCCCCC(C)(C)c1ccc(N)cc1. The van der Waals surface area contributed by atoms with E-state index in [9.17, 15) is 0 Å². The van der Waals surface area contributed by atoms with Crippen molar-refractivity contribution in [3.8, 4) is 0 Å². The first-order valence-corrected chi connectivity index (χ1v) is 9.94. The van der Waals surface area contributed by atoms with Crippen LogP contribution in [0.1, 0.15) is 91.0 Å². The van der Waals surface area contributed by atoms with Crippen molar-refractivity contribution in [2.45, 2.75) is 96.9 Å². The van der Waals surface area contributed by atoms with Crippen LogP contribution < -0.4 is 11.5 Å². The minimum absolute atomic E-state index is 0.251. The van der Waals surface area contributed by atoms with E-state index in [-0.39, 0.29) is 5.41 Å². The summed E-state index contributed by atoms with van der Waals surface area (Å²) in [4.78, 5) is 0. The molecule has 2 heteroatoms. The van der Waals surface area contributed by atoms with Crippen LogP contribution in [0.15, 0.2) is 24.3 Å². The van der Waals surface area contributed by atoms with E-state index in [0.29, 0.717) is 12.0 Å². The zero-order valence-corrected chi connectivity index (χ0v) is 16.5. The Bertz CT molecular complexity index is 434. The molecule has 0 radical (unpaired) electrons. The van der Waals surface area contributed by atoms with Crippen LogP contribution in [0.25, 0.3) is 0 Å². The fraction of sp³-hybridized carbons (Fsp3) is 0.727. The third-order valence-electron chi connectivity index (χ3n) is 5.39. The number of unbranched alkanes of at least 4 members (excludes halogenated alkanes) is 6. The highest BCUT2D eigenvalue weighted by atomic mass is 14.6. The maximum absolute atomic E-state index is 6.09. The summed E-state index contributed by atoms with van der Waals surface area (Å²) >= 11 is 0. The molecule has 4 N–H and O–H groups in total. The summed E-state index contributed by atoms with van der Waals surface area (Å²) < 4.78 is 0. The Morgan fingerprint density at radius 3 is 1.88 bits per heavy atom. The number of nitrogen functional groups attached to an aromatic ring is 1. The van der Waals surface area contributed by atoms with Crippen molar-refractivity contribution in [3.63, 3.8) is 0 Å². The van der Waals surface area contributed by atoms with Crippen molar-refractivity contribution < 1.29 is 0 Å². The smallest absolute Gasteiger partial charge is 0.0314 e. The largest absolute Gasteiger partial charge is 0.399 e. The molecule has 1 aromatic carbocycles. The van der Waals surface area contributed by atoms with E-state index in [0.717, 1.165) is 5.69 Å². The molecule has 0 aromatic heterocycles. The van der Waals surface area contributed by atoms with Crippen molar-refractivity contribution in [1.29, 1.82) is 0 Å². The molecule has 138 valence electrons. The monoisotopic (exact) mass is 332 g/mol. The predicted octanol–water partition coefficient (Wildman–Crippen LogP) is 6.04. The third-order valence-corrected chi connectivity index (χ3v) is 5.39. The van der Waals surface area contributed by atoms with Crippen molar-refractivity contribution >= 4 is 5.69 Å². The van der Waals surface area contributed by atoms with Crippen LogP contribution in [0.3, 0.4) is 0 Å². The number of rotatable bonds is 12. The summed E-state index contributed by atoms with van der Waals surface area (Å²) in [6.07, 6.45) is 11.9. The van der Waals surface area contributed by atoms with Gasteiger partial charge in [0, 0.05) is 11.7 Å². The number of anilines is 1. The van der Waals surface area contributed by atoms with E-state index >= 15 is 0 Å². The van der Waals surface area contributed by atoms with Gasteiger partial charge in [-0.3, -0.25) is 0 Å². The fourth-order valence-electron chi connectivity index (χ4n) is 3.24. The zero-order valence-electron chi connectivity index (χ0n) is 16.5. The lowest BCUT2D eigenvalue weighted by Gasteiger charge is -2.25. The van der Waals surface area contributed by atoms with E-state index in [4.69, 9.17) is 11.5 Å². The lowest BCUT2D eigenvalue weighted by molar-refractivity contribution is 0.430. The number of hydrogen-bond donors (Lipinski definition) is 2. The molecule has 0 saturated carbocycles. The molecule has 0 heterocycles. The van der Waals surface area contributed by atoms with Crippen molar-refractivity contribution in [2.75, 3.05) is 5.73 Å². The molecule has 0 aliphatic heterocycles. The van der Waals surface area contributed by atoms with E-state index in [1.54, 1.807) is 0 Å². The third kappa shape index (κ3) is 8.19. The standard InChI is InChI=1S/C22H40N2/c1-18(2)21(24)12-10-8-6-5-7-9-11-17-22(3,4)19-13-15-20(23)16-14-19/h13-16,18,21H,5-12,17,23-24H2,1-4H3. The molecular formula is C22H40N2. The first kappa shape index (κ1) is 21.0. The summed E-state index contributed by atoms with van der Waals surface area (Å²) in [6, 6.07) is 8.78. The molecule has 0 spiro atoms. The van der Waals surface area contributed by atoms with Crippen molar-refractivity contribution in [3.05, 3.63) is 29.8 Å². The number of nitrogens with two attached hydrogens (primary N) is 2. The fourth-order valence-corrected chi connectivity index (χ4v) is 3.24. The molecule has 1 aromatic rings. The van der Waals surface area contributed by atoms with Gasteiger partial charge >= 0.3 is 0 Å². The molecule has 24 heavy (non-hydrogen) atoms. The summed E-state index contributed by atoms with van der Waals surface area (Å²) in [5.41, 5.74) is 14.4. The molecule has 1 unspecified atom stereocenters. The zero-order chi connectivity index (χ0) is 18.0. The van der Waals surface area contributed by atoms with Gasteiger partial charge in [0.05, 0.1) is 0 Å². The molecule has 0 aliphatic carbocycles. The molecule has 0 aliphatic rings. The molecule has 0 amide bonds. The van der Waals surface area contributed by atoms with Gasteiger partial charge in [0.2, 0.25) is 0 Å². The highest BCUT2D eigenvalue weighted by Gasteiger charge is 2.19. The van der Waals surface area contributed by atoms with Crippen LogP contribution in [-0.2, 0) is 5.41 Å². The van der Waals surface area contributed by atoms with Crippen LogP contribution in [0, 0.1) is 5.92 Å². The van der Waals surface area contributed by atoms with Gasteiger partial charge in [-0.25, -0.2) is 0 Å². The summed E-state index contributed by atoms with van der Waals surface area (Å²) in [5.74, 6) is 0.620. The average Bonchev–Trinajstić information content (AvgIpc) is 2.53. The minimum atomic E-state index is 0.251. The van der Waals surface area contributed by atoms with E-state index in [1.165, 1.54) is 63.4 Å². The van der Waals surface area contributed by atoms with Gasteiger partial charge in [-0.1, -0.05) is 84.8 Å². The minimum Gasteiger partial charge on any atom is -0.399 e. The van der Waals surface area contributed by atoms with E-state index in [1.807, 2.05) is 12.1 Å². The Morgan fingerprint density at radius 1 is 0.833 bits per heavy atom. The lowest BCUT2D eigenvalue weighted by Crippen LogP contribution is -2.25. The van der Waals surface area contributed by atoms with Crippen LogP contribution in [0.2, 0.25) is 0 Å². The van der Waals surface area contributed by atoms with Crippen LogP contribution in [0.4, 0.5) is 5.69 Å². The molecule has 2 nitrogen and oxygen atoms in total. The Hall–Kier alpha value is -1.02. The average molecular weight is 333 g/mol. The molecule has 1 atom stereocenters.